The van der Waals surface area contributed by atoms with Gasteiger partial charge in [0.05, 0.1) is 17.3 Å². The maximum atomic E-state index is 8.52. The number of aromatic nitrogens is 8. The molecule has 0 aliphatic carbocycles. The summed E-state index contributed by atoms with van der Waals surface area (Å²) >= 11 is 0. The van der Waals surface area contributed by atoms with E-state index in [4.69, 9.17) is 5.26 Å². The smallest absolute Gasteiger partial charge is 0.130 e. The Balaban J connectivity index is 0.000000294. The maximum absolute atomic E-state index is 8.52. The van der Waals surface area contributed by atoms with Gasteiger partial charge in [-0.25, -0.2) is 29.9 Å². The lowest BCUT2D eigenvalue weighted by Gasteiger charge is -2.02. The minimum atomic E-state index is 0.436. The van der Waals surface area contributed by atoms with Crippen LogP contribution in [0.15, 0.2) is 98.6 Å². The molecule has 0 amide bonds. The summed E-state index contributed by atoms with van der Waals surface area (Å²) in [5.41, 5.74) is 5.36. The van der Waals surface area contributed by atoms with Gasteiger partial charge in [0.15, 0.2) is 0 Å². The molecule has 0 aliphatic rings. The van der Waals surface area contributed by atoms with E-state index in [9.17, 15) is 0 Å². The van der Waals surface area contributed by atoms with Gasteiger partial charge in [0, 0.05) is 61.2 Å². The molecule has 4 aromatic heterocycles. The van der Waals surface area contributed by atoms with Crippen molar-refractivity contribution in [3.63, 3.8) is 0 Å². The van der Waals surface area contributed by atoms with E-state index in [1.807, 2.05) is 48.8 Å². The summed E-state index contributed by atoms with van der Waals surface area (Å²) in [6.45, 7) is 21.1. The summed E-state index contributed by atoms with van der Waals surface area (Å²) in [5.74, 6) is 3.42. The molecular weight excluding hydrogens is 582 g/mol. The van der Waals surface area contributed by atoms with E-state index in [1.165, 1.54) is 11.1 Å². The first-order valence-electron chi connectivity index (χ1n) is 16.0. The normalized spacial score (nSPS) is 10.0. The van der Waals surface area contributed by atoms with Crippen molar-refractivity contribution >= 4 is 0 Å². The fourth-order valence-electron chi connectivity index (χ4n) is 3.41. The molecule has 248 valence electrons. The average Bonchev–Trinajstić information content (AvgIpc) is 3.11. The summed E-state index contributed by atoms with van der Waals surface area (Å²) in [6, 6.07) is 13.6. The van der Waals surface area contributed by atoms with Crippen LogP contribution < -0.4 is 0 Å². The third kappa shape index (κ3) is 17.9. The molecule has 0 bridgehead atoms. The number of hydrogen-bond donors (Lipinski definition) is 0. The average molecular weight is 634 g/mol. The lowest BCUT2D eigenvalue weighted by atomic mass is 10.0. The minimum Gasteiger partial charge on any atom is -0.261 e. The second-order valence-corrected chi connectivity index (χ2v) is 12.1. The Bertz CT molecular complexity index is 1310. The van der Waals surface area contributed by atoms with Crippen LogP contribution in [-0.2, 0) is 0 Å². The highest BCUT2D eigenvalue weighted by atomic mass is 14.9. The Labute approximate surface area is 282 Å². The van der Waals surface area contributed by atoms with Crippen molar-refractivity contribution in [3.05, 3.63) is 133 Å². The molecular formula is C38H51N9. The highest BCUT2D eigenvalue weighted by Crippen LogP contribution is 2.14. The standard InChI is InChI=1S/C10H11N.4C7H10N2/c1-8(2)10-5-3-9(7-11)4-6-10;1-6(2)7-3-8-5-9-4-7;1-6(2)7-5-8-3-4-9-7;1-6(2)7-3-4-8-5-9-7;1-6(2)7-8-4-3-5-9-7/h3-6,8H,1-2H3;4*3-6H,1-2H3. The van der Waals surface area contributed by atoms with Crippen molar-refractivity contribution in [1.82, 2.24) is 39.9 Å². The van der Waals surface area contributed by atoms with Crippen molar-refractivity contribution in [1.29, 1.82) is 5.26 Å². The summed E-state index contributed by atoms with van der Waals surface area (Å²) in [5, 5.41) is 8.52. The quantitative estimate of drug-likeness (QED) is 0.186. The van der Waals surface area contributed by atoms with Crippen LogP contribution in [0.25, 0.3) is 0 Å². The van der Waals surface area contributed by atoms with Gasteiger partial charge < -0.3 is 0 Å². The van der Waals surface area contributed by atoms with Gasteiger partial charge in [0.2, 0.25) is 0 Å². The molecule has 1 aromatic carbocycles. The molecule has 5 aromatic rings. The first kappa shape index (κ1) is 40.1. The highest BCUT2D eigenvalue weighted by Gasteiger charge is 1.99. The van der Waals surface area contributed by atoms with E-state index in [1.54, 1.807) is 49.8 Å². The van der Waals surface area contributed by atoms with E-state index in [2.05, 4.69) is 115 Å². The van der Waals surface area contributed by atoms with Crippen LogP contribution >= 0.6 is 0 Å². The lowest BCUT2D eigenvalue weighted by Crippen LogP contribution is -1.93. The predicted molar refractivity (Wildman–Crippen MR) is 190 cm³/mol. The number of rotatable bonds is 5. The first-order valence-corrected chi connectivity index (χ1v) is 16.0. The van der Waals surface area contributed by atoms with Gasteiger partial charge in [0.1, 0.15) is 18.5 Å². The molecule has 5 rings (SSSR count). The zero-order valence-corrected chi connectivity index (χ0v) is 29.6. The van der Waals surface area contributed by atoms with Gasteiger partial charge >= 0.3 is 0 Å². The van der Waals surface area contributed by atoms with Crippen LogP contribution in [0.5, 0.6) is 0 Å². The molecule has 0 saturated heterocycles. The summed E-state index contributed by atoms with van der Waals surface area (Å²) in [4.78, 5) is 31.9. The van der Waals surface area contributed by atoms with Crippen LogP contribution in [0, 0.1) is 11.3 Å². The van der Waals surface area contributed by atoms with Crippen molar-refractivity contribution in [2.45, 2.75) is 98.8 Å². The van der Waals surface area contributed by atoms with Crippen LogP contribution in [0.2, 0.25) is 0 Å². The largest absolute Gasteiger partial charge is 0.261 e. The Morgan fingerprint density at radius 1 is 0.468 bits per heavy atom. The third-order valence-corrected chi connectivity index (χ3v) is 6.43. The summed E-state index contributed by atoms with van der Waals surface area (Å²) in [6.07, 6.45) is 17.3. The van der Waals surface area contributed by atoms with Crippen molar-refractivity contribution in [3.8, 4) is 6.07 Å². The van der Waals surface area contributed by atoms with Gasteiger partial charge in [0.25, 0.3) is 0 Å². The molecule has 0 saturated carbocycles. The highest BCUT2D eigenvalue weighted by molar-refractivity contribution is 5.32. The molecule has 0 unspecified atom stereocenters. The minimum absolute atomic E-state index is 0.436. The predicted octanol–water partition coefficient (Wildman–Crippen LogP) is 9.08. The van der Waals surface area contributed by atoms with Crippen molar-refractivity contribution < 1.29 is 0 Å². The molecule has 9 heteroatoms. The molecule has 47 heavy (non-hydrogen) atoms. The lowest BCUT2D eigenvalue weighted by molar-refractivity contribution is 0.774. The van der Waals surface area contributed by atoms with Crippen molar-refractivity contribution in [2.24, 2.45) is 0 Å². The number of nitrogens with zero attached hydrogens (tertiary/aromatic N) is 9. The van der Waals surface area contributed by atoms with E-state index < -0.39 is 0 Å². The summed E-state index contributed by atoms with van der Waals surface area (Å²) in [7, 11) is 0. The SMILES string of the molecule is CC(C)c1ccc(C#N)cc1.CC(C)c1ccncn1.CC(C)c1cnccn1.CC(C)c1cncnc1.CC(C)c1ncccn1. The Hall–Kier alpha value is -4.97. The van der Waals surface area contributed by atoms with Crippen LogP contribution in [0.1, 0.15) is 133 Å². The van der Waals surface area contributed by atoms with E-state index in [0.29, 0.717) is 29.6 Å². The number of nitriles is 1. The van der Waals surface area contributed by atoms with E-state index >= 15 is 0 Å². The molecule has 0 fully saturated rings. The Morgan fingerprint density at radius 2 is 1.06 bits per heavy atom. The Kier molecular flexibility index (Phi) is 19.9. The molecule has 0 radical (unpaired) electrons. The fraction of sp³-hybridized carbons (Fsp3) is 0.395. The van der Waals surface area contributed by atoms with Gasteiger partial charge in [-0.2, -0.15) is 5.26 Å². The monoisotopic (exact) mass is 633 g/mol. The van der Waals surface area contributed by atoms with Crippen molar-refractivity contribution in [2.75, 3.05) is 0 Å². The summed E-state index contributed by atoms with van der Waals surface area (Å²) < 4.78 is 0. The van der Waals surface area contributed by atoms with Crippen LogP contribution in [0.4, 0.5) is 0 Å². The molecule has 4 heterocycles. The van der Waals surface area contributed by atoms with Gasteiger partial charge in [-0.3, -0.25) is 9.97 Å². The van der Waals surface area contributed by atoms with Crippen LogP contribution in [0.3, 0.4) is 0 Å². The molecule has 0 aliphatic heterocycles. The topological polar surface area (TPSA) is 127 Å². The maximum Gasteiger partial charge on any atom is 0.130 e. The number of benzene rings is 1. The zero-order chi connectivity index (χ0) is 35.0. The van der Waals surface area contributed by atoms with E-state index in [0.717, 1.165) is 22.8 Å². The molecule has 0 atom stereocenters. The fourth-order valence-corrected chi connectivity index (χ4v) is 3.41. The van der Waals surface area contributed by atoms with Crippen LogP contribution in [-0.4, -0.2) is 39.9 Å². The zero-order valence-electron chi connectivity index (χ0n) is 29.6. The Morgan fingerprint density at radius 3 is 1.40 bits per heavy atom. The van der Waals surface area contributed by atoms with Gasteiger partial charge in [-0.15, -0.1) is 0 Å². The third-order valence-electron chi connectivity index (χ3n) is 6.43. The van der Waals surface area contributed by atoms with E-state index in [-0.39, 0.29) is 0 Å². The first-order chi connectivity index (χ1) is 22.5. The molecule has 0 spiro atoms. The molecule has 0 N–H and O–H groups in total. The second kappa shape index (κ2) is 23.4. The van der Waals surface area contributed by atoms with Gasteiger partial charge in [-0.1, -0.05) is 81.4 Å². The van der Waals surface area contributed by atoms with Gasteiger partial charge in [-0.05, 0) is 59.1 Å². The second-order valence-electron chi connectivity index (χ2n) is 12.1. The molecule has 9 nitrogen and oxygen atoms in total. The number of hydrogen-bond acceptors (Lipinski definition) is 9.